The SMILES string of the molecule is C[C@@H]1C[C@H]1C(=O)N1CCC[C@@H](Cn2cnc3ccccc32)C1. The van der Waals surface area contributed by atoms with Crippen molar-refractivity contribution >= 4 is 16.9 Å². The predicted octanol–water partition coefficient (Wildman–Crippen LogP) is 2.93. The molecular formula is C18H23N3O. The maximum absolute atomic E-state index is 12.4. The Morgan fingerprint density at radius 2 is 2.18 bits per heavy atom. The van der Waals surface area contributed by atoms with Gasteiger partial charge in [-0.25, -0.2) is 4.98 Å². The lowest BCUT2D eigenvalue weighted by Crippen LogP contribution is -2.42. The molecular weight excluding hydrogens is 274 g/mol. The molecule has 1 saturated carbocycles. The van der Waals surface area contributed by atoms with Crippen molar-refractivity contribution in [3.8, 4) is 0 Å². The first-order valence-corrected chi connectivity index (χ1v) is 8.41. The second-order valence-corrected chi connectivity index (χ2v) is 7.00. The molecule has 4 nitrogen and oxygen atoms in total. The van der Waals surface area contributed by atoms with Gasteiger partial charge in [0.05, 0.1) is 17.4 Å². The van der Waals surface area contributed by atoms with E-state index in [2.05, 4.69) is 39.6 Å². The first-order chi connectivity index (χ1) is 10.7. The molecule has 1 saturated heterocycles. The average molecular weight is 297 g/mol. The van der Waals surface area contributed by atoms with Crippen molar-refractivity contribution in [3.63, 3.8) is 0 Å². The third-order valence-corrected chi connectivity index (χ3v) is 5.24. The average Bonchev–Trinajstić information content (AvgIpc) is 3.14. The highest BCUT2D eigenvalue weighted by atomic mass is 16.2. The summed E-state index contributed by atoms with van der Waals surface area (Å²) < 4.78 is 2.24. The van der Waals surface area contributed by atoms with Crippen molar-refractivity contribution in [1.82, 2.24) is 14.5 Å². The van der Waals surface area contributed by atoms with E-state index in [1.54, 1.807) is 0 Å². The van der Waals surface area contributed by atoms with E-state index in [1.165, 1.54) is 11.9 Å². The van der Waals surface area contributed by atoms with Gasteiger partial charge in [-0.3, -0.25) is 4.79 Å². The van der Waals surface area contributed by atoms with Gasteiger partial charge in [-0.05, 0) is 43.2 Å². The number of aromatic nitrogens is 2. The summed E-state index contributed by atoms with van der Waals surface area (Å²) in [6.45, 7) is 5.00. The lowest BCUT2D eigenvalue weighted by molar-refractivity contribution is -0.134. The fraction of sp³-hybridized carbons (Fsp3) is 0.556. The quantitative estimate of drug-likeness (QED) is 0.873. The van der Waals surface area contributed by atoms with Crippen LogP contribution in [0.2, 0.25) is 0 Å². The van der Waals surface area contributed by atoms with Crippen LogP contribution in [0.5, 0.6) is 0 Å². The molecule has 2 aromatic rings. The lowest BCUT2D eigenvalue weighted by Gasteiger charge is -2.33. The number of likely N-dealkylation sites (tertiary alicyclic amines) is 1. The van der Waals surface area contributed by atoms with Crippen LogP contribution in [-0.2, 0) is 11.3 Å². The molecule has 1 aliphatic carbocycles. The molecule has 0 spiro atoms. The van der Waals surface area contributed by atoms with Crippen LogP contribution in [0.4, 0.5) is 0 Å². The first kappa shape index (κ1) is 13.8. The van der Waals surface area contributed by atoms with E-state index in [0.717, 1.165) is 38.0 Å². The van der Waals surface area contributed by atoms with E-state index < -0.39 is 0 Å². The molecule has 0 radical (unpaired) electrons. The molecule has 116 valence electrons. The molecule has 2 fully saturated rings. The molecule has 1 aromatic heterocycles. The van der Waals surface area contributed by atoms with Gasteiger partial charge in [0.2, 0.25) is 5.91 Å². The molecule has 0 N–H and O–H groups in total. The molecule has 2 aliphatic rings. The number of fused-ring (bicyclic) bond motifs is 1. The molecule has 4 heteroatoms. The number of imidazole rings is 1. The summed E-state index contributed by atoms with van der Waals surface area (Å²) in [6, 6.07) is 8.26. The Morgan fingerprint density at radius 3 is 3.00 bits per heavy atom. The molecule has 0 bridgehead atoms. The highest BCUT2D eigenvalue weighted by Crippen LogP contribution is 2.40. The topological polar surface area (TPSA) is 38.1 Å². The number of carbonyl (C=O) groups is 1. The molecule has 4 rings (SSSR count). The van der Waals surface area contributed by atoms with E-state index in [4.69, 9.17) is 0 Å². The van der Waals surface area contributed by atoms with Gasteiger partial charge in [0.15, 0.2) is 0 Å². The van der Waals surface area contributed by atoms with Crippen molar-refractivity contribution in [3.05, 3.63) is 30.6 Å². The summed E-state index contributed by atoms with van der Waals surface area (Å²) >= 11 is 0. The van der Waals surface area contributed by atoms with Crippen molar-refractivity contribution in [2.45, 2.75) is 32.7 Å². The maximum atomic E-state index is 12.4. The standard InChI is InChI=1S/C18H23N3O/c1-13-9-15(13)18(22)20-8-4-5-14(10-20)11-21-12-19-16-6-2-3-7-17(16)21/h2-3,6-7,12-15H,4-5,8-11H2,1H3/t13-,14-,15-/m1/s1. The second kappa shape index (κ2) is 5.41. The number of rotatable bonds is 3. The predicted molar refractivity (Wildman–Crippen MR) is 86.3 cm³/mol. The Balaban J connectivity index is 1.45. The molecule has 0 unspecified atom stereocenters. The van der Waals surface area contributed by atoms with Crippen molar-refractivity contribution < 1.29 is 4.79 Å². The minimum atomic E-state index is 0.313. The number of benzene rings is 1. The summed E-state index contributed by atoms with van der Waals surface area (Å²) in [6.07, 6.45) is 5.36. The third kappa shape index (κ3) is 2.51. The van der Waals surface area contributed by atoms with E-state index in [1.807, 2.05) is 12.4 Å². The number of hydrogen-bond donors (Lipinski definition) is 0. The van der Waals surface area contributed by atoms with Gasteiger partial charge in [0.25, 0.3) is 0 Å². The van der Waals surface area contributed by atoms with Gasteiger partial charge in [-0.1, -0.05) is 19.1 Å². The number of para-hydroxylation sites is 2. The molecule has 2 heterocycles. The first-order valence-electron chi connectivity index (χ1n) is 8.41. The fourth-order valence-corrected chi connectivity index (χ4v) is 3.75. The van der Waals surface area contributed by atoms with Crippen molar-refractivity contribution in [2.24, 2.45) is 17.8 Å². The second-order valence-electron chi connectivity index (χ2n) is 7.00. The molecule has 1 aromatic carbocycles. The van der Waals surface area contributed by atoms with Gasteiger partial charge in [0.1, 0.15) is 0 Å². The maximum Gasteiger partial charge on any atom is 0.225 e. The highest BCUT2D eigenvalue weighted by molar-refractivity contribution is 5.81. The van der Waals surface area contributed by atoms with Crippen molar-refractivity contribution in [2.75, 3.05) is 13.1 Å². The fourth-order valence-electron chi connectivity index (χ4n) is 3.75. The monoisotopic (exact) mass is 297 g/mol. The van der Waals surface area contributed by atoms with Crippen LogP contribution in [0.25, 0.3) is 11.0 Å². The van der Waals surface area contributed by atoms with Gasteiger partial charge in [-0.15, -0.1) is 0 Å². The van der Waals surface area contributed by atoms with E-state index in [-0.39, 0.29) is 0 Å². The van der Waals surface area contributed by atoms with Gasteiger partial charge in [0, 0.05) is 25.6 Å². The molecule has 22 heavy (non-hydrogen) atoms. The normalized spacial score (nSPS) is 28.0. The number of nitrogens with zero attached hydrogens (tertiary/aromatic N) is 3. The summed E-state index contributed by atoms with van der Waals surface area (Å²) in [5, 5.41) is 0. The Bertz CT molecular complexity index is 692. The van der Waals surface area contributed by atoms with Crippen LogP contribution in [0.15, 0.2) is 30.6 Å². The zero-order valence-corrected chi connectivity index (χ0v) is 13.1. The third-order valence-electron chi connectivity index (χ3n) is 5.24. The summed E-state index contributed by atoms with van der Waals surface area (Å²) in [5.74, 6) is 1.86. The Labute approximate surface area is 131 Å². The van der Waals surface area contributed by atoms with Crippen molar-refractivity contribution in [1.29, 1.82) is 0 Å². The van der Waals surface area contributed by atoms with Crippen LogP contribution in [0.1, 0.15) is 26.2 Å². The number of amides is 1. The van der Waals surface area contributed by atoms with Crippen LogP contribution in [0.3, 0.4) is 0 Å². The number of hydrogen-bond acceptors (Lipinski definition) is 2. The summed E-state index contributed by atoms with van der Waals surface area (Å²) in [5.41, 5.74) is 2.25. The van der Waals surface area contributed by atoms with E-state index in [0.29, 0.717) is 23.7 Å². The molecule has 1 aliphatic heterocycles. The van der Waals surface area contributed by atoms with Crippen LogP contribution in [0, 0.1) is 17.8 Å². The Hall–Kier alpha value is -1.84. The smallest absolute Gasteiger partial charge is 0.225 e. The van der Waals surface area contributed by atoms with Gasteiger partial charge < -0.3 is 9.47 Å². The largest absolute Gasteiger partial charge is 0.342 e. The minimum absolute atomic E-state index is 0.313. The highest BCUT2D eigenvalue weighted by Gasteiger charge is 2.42. The summed E-state index contributed by atoms with van der Waals surface area (Å²) in [7, 11) is 0. The van der Waals surface area contributed by atoms with Crippen LogP contribution < -0.4 is 0 Å². The number of carbonyl (C=O) groups excluding carboxylic acids is 1. The zero-order chi connectivity index (χ0) is 15.1. The lowest BCUT2D eigenvalue weighted by atomic mass is 9.97. The van der Waals surface area contributed by atoms with Crippen LogP contribution in [-0.4, -0.2) is 33.4 Å². The Morgan fingerprint density at radius 1 is 1.36 bits per heavy atom. The van der Waals surface area contributed by atoms with Crippen LogP contribution >= 0.6 is 0 Å². The molecule has 1 amide bonds. The molecule has 3 atom stereocenters. The summed E-state index contributed by atoms with van der Waals surface area (Å²) in [4.78, 5) is 19.0. The zero-order valence-electron chi connectivity index (χ0n) is 13.1. The van der Waals surface area contributed by atoms with Gasteiger partial charge >= 0.3 is 0 Å². The van der Waals surface area contributed by atoms with E-state index in [9.17, 15) is 4.79 Å². The van der Waals surface area contributed by atoms with Gasteiger partial charge in [-0.2, -0.15) is 0 Å². The number of piperidine rings is 1. The van der Waals surface area contributed by atoms with E-state index >= 15 is 0 Å². The Kier molecular flexibility index (Phi) is 3.40. The minimum Gasteiger partial charge on any atom is -0.342 e.